The lowest BCUT2D eigenvalue weighted by Gasteiger charge is -2.24. The van der Waals surface area contributed by atoms with Gasteiger partial charge < -0.3 is 10.0 Å². The van der Waals surface area contributed by atoms with Crippen LogP contribution >= 0.6 is 11.3 Å². The fourth-order valence-electron chi connectivity index (χ4n) is 2.98. The molecular weight excluding hydrogens is 360 g/mol. The van der Waals surface area contributed by atoms with E-state index in [-0.39, 0.29) is 16.3 Å². The predicted molar refractivity (Wildman–Crippen MR) is 97.8 cm³/mol. The molecule has 2 aromatic rings. The number of sulfonamides is 1. The van der Waals surface area contributed by atoms with E-state index in [1.807, 2.05) is 24.3 Å². The number of carboxylic acid groups (broad SMARTS) is 1. The first-order chi connectivity index (χ1) is 11.9. The Bertz CT molecular complexity index is 870. The Morgan fingerprint density at radius 3 is 2.60 bits per heavy atom. The Hall–Kier alpha value is -1.90. The summed E-state index contributed by atoms with van der Waals surface area (Å²) in [4.78, 5) is 13.3. The van der Waals surface area contributed by atoms with E-state index in [2.05, 4.69) is 4.90 Å². The number of aromatic carboxylic acids is 1. The van der Waals surface area contributed by atoms with Gasteiger partial charge in [0.25, 0.3) is 0 Å². The zero-order valence-electron chi connectivity index (χ0n) is 13.9. The van der Waals surface area contributed by atoms with Crippen molar-refractivity contribution in [2.45, 2.75) is 24.3 Å². The number of carboxylic acids is 1. The molecule has 8 heteroatoms. The molecule has 25 heavy (non-hydrogen) atoms. The maximum atomic E-state index is 12.7. The molecule has 0 unspecified atom stereocenters. The molecule has 1 aromatic carbocycles. The van der Waals surface area contributed by atoms with Gasteiger partial charge in [-0.2, -0.15) is 4.31 Å². The van der Waals surface area contributed by atoms with E-state index in [1.54, 1.807) is 0 Å². The molecule has 0 radical (unpaired) electrons. The van der Waals surface area contributed by atoms with Gasteiger partial charge in [-0.05, 0) is 30.5 Å². The lowest BCUT2D eigenvalue weighted by Crippen LogP contribution is -2.28. The van der Waals surface area contributed by atoms with E-state index in [4.69, 9.17) is 5.11 Å². The van der Waals surface area contributed by atoms with Gasteiger partial charge in [0.15, 0.2) is 0 Å². The topological polar surface area (TPSA) is 77.9 Å². The average molecular weight is 380 g/mol. The van der Waals surface area contributed by atoms with Crippen LogP contribution in [-0.4, -0.2) is 43.9 Å². The van der Waals surface area contributed by atoms with Gasteiger partial charge in [-0.1, -0.05) is 18.2 Å². The third kappa shape index (κ3) is 3.70. The molecule has 0 saturated carbocycles. The van der Waals surface area contributed by atoms with Crippen LogP contribution in [0.25, 0.3) is 0 Å². The zero-order chi connectivity index (χ0) is 18.0. The highest BCUT2D eigenvalue weighted by molar-refractivity contribution is 7.89. The SMILES string of the molecule is CN(Cc1ccccc1N1CCCC1)S(=O)(=O)c1csc(C(=O)O)c1. The molecule has 1 fully saturated rings. The number of anilines is 1. The van der Waals surface area contributed by atoms with Gasteiger partial charge in [0, 0.05) is 37.7 Å². The standard InChI is InChI=1S/C17H20N2O4S2/c1-18(25(22,23)14-10-16(17(20)21)24-12-14)11-13-6-2-3-7-15(13)19-8-4-5-9-19/h2-3,6-7,10,12H,4-5,8-9,11H2,1H3,(H,20,21). The lowest BCUT2D eigenvalue weighted by atomic mass is 10.1. The van der Waals surface area contributed by atoms with E-state index in [0.29, 0.717) is 0 Å². The normalized spacial score (nSPS) is 15.0. The van der Waals surface area contributed by atoms with Crippen LogP contribution in [0.15, 0.2) is 40.6 Å². The summed E-state index contributed by atoms with van der Waals surface area (Å²) in [7, 11) is -2.21. The number of rotatable bonds is 6. The molecule has 1 aromatic heterocycles. The minimum atomic E-state index is -3.73. The minimum Gasteiger partial charge on any atom is -0.477 e. The van der Waals surface area contributed by atoms with Crippen LogP contribution in [0.3, 0.4) is 0 Å². The van der Waals surface area contributed by atoms with Crippen LogP contribution in [0.4, 0.5) is 5.69 Å². The first kappa shape index (κ1) is 17.9. The van der Waals surface area contributed by atoms with E-state index >= 15 is 0 Å². The van der Waals surface area contributed by atoms with Crippen molar-refractivity contribution < 1.29 is 18.3 Å². The quantitative estimate of drug-likeness (QED) is 0.834. The van der Waals surface area contributed by atoms with Gasteiger partial charge in [-0.15, -0.1) is 11.3 Å². The van der Waals surface area contributed by atoms with E-state index in [9.17, 15) is 13.2 Å². The molecule has 3 rings (SSSR count). The molecule has 0 amide bonds. The molecule has 1 N–H and O–H groups in total. The summed E-state index contributed by atoms with van der Waals surface area (Å²) >= 11 is 0.918. The Kier molecular flexibility index (Phi) is 5.12. The number of carbonyl (C=O) groups is 1. The molecule has 2 heterocycles. The number of benzene rings is 1. The van der Waals surface area contributed by atoms with E-state index in [0.717, 1.165) is 48.5 Å². The molecule has 1 aliphatic heterocycles. The first-order valence-electron chi connectivity index (χ1n) is 8.00. The fraction of sp³-hybridized carbons (Fsp3) is 0.353. The third-order valence-corrected chi connectivity index (χ3v) is 7.17. The smallest absolute Gasteiger partial charge is 0.345 e. The van der Waals surface area contributed by atoms with E-state index in [1.165, 1.54) is 22.8 Å². The summed E-state index contributed by atoms with van der Waals surface area (Å²) in [6.07, 6.45) is 2.30. The summed E-state index contributed by atoms with van der Waals surface area (Å²) in [6.45, 7) is 2.22. The van der Waals surface area contributed by atoms with Gasteiger partial charge in [0.05, 0.1) is 4.90 Å². The van der Waals surface area contributed by atoms with Crippen LogP contribution in [0.1, 0.15) is 28.1 Å². The second kappa shape index (κ2) is 7.15. The second-order valence-electron chi connectivity index (χ2n) is 6.04. The fourth-order valence-corrected chi connectivity index (χ4v) is 5.23. The molecule has 1 aliphatic rings. The van der Waals surface area contributed by atoms with Crippen LogP contribution in [0, 0.1) is 0 Å². The van der Waals surface area contributed by atoms with Crippen molar-refractivity contribution in [1.82, 2.24) is 4.31 Å². The summed E-state index contributed by atoms with van der Waals surface area (Å²) in [5.74, 6) is -1.12. The molecule has 0 aliphatic carbocycles. The van der Waals surface area contributed by atoms with Gasteiger partial charge in [0.1, 0.15) is 4.88 Å². The number of hydrogen-bond donors (Lipinski definition) is 1. The van der Waals surface area contributed by atoms with Crippen molar-refractivity contribution in [3.63, 3.8) is 0 Å². The molecular formula is C17H20N2O4S2. The number of nitrogens with zero attached hydrogens (tertiary/aromatic N) is 2. The predicted octanol–water partition coefficient (Wildman–Crippen LogP) is 2.87. The third-order valence-electron chi connectivity index (χ3n) is 4.33. The summed E-state index contributed by atoms with van der Waals surface area (Å²) in [5, 5.41) is 10.4. The maximum absolute atomic E-state index is 12.7. The van der Waals surface area contributed by atoms with Crippen molar-refractivity contribution in [2.75, 3.05) is 25.0 Å². The molecule has 134 valence electrons. The van der Waals surface area contributed by atoms with Crippen molar-refractivity contribution >= 4 is 33.0 Å². The van der Waals surface area contributed by atoms with Crippen molar-refractivity contribution in [2.24, 2.45) is 0 Å². The molecule has 0 atom stereocenters. The van der Waals surface area contributed by atoms with Gasteiger partial charge in [-0.25, -0.2) is 13.2 Å². The first-order valence-corrected chi connectivity index (χ1v) is 10.3. The monoisotopic (exact) mass is 380 g/mol. The van der Waals surface area contributed by atoms with Crippen LogP contribution in [-0.2, 0) is 16.6 Å². The molecule has 0 bridgehead atoms. The maximum Gasteiger partial charge on any atom is 0.345 e. The Morgan fingerprint density at radius 2 is 1.96 bits per heavy atom. The highest BCUT2D eigenvalue weighted by Crippen LogP contribution is 2.28. The second-order valence-corrected chi connectivity index (χ2v) is 8.99. The Labute approximate surface area is 151 Å². The van der Waals surface area contributed by atoms with Crippen molar-refractivity contribution in [3.8, 4) is 0 Å². The Balaban J connectivity index is 1.84. The van der Waals surface area contributed by atoms with Crippen molar-refractivity contribution in [3.05, 3.63) is 46.2 Å². The lowest BCUT2D eigenvalue weighted by molar-refractivity contribution is 0.0702. The van der Waals surface area contributed by atoms with Gasteiger partial charge in [-0.3, -0.25) is 0 Å². The van der Waals surface area contributed by atoms with Crippen LogP contribution in [0.2, 0.25) is 0 Å². The highest BCUT2D eigenvalue weighted by atomic mass is 32.2. The molecule has 1 saturated heterocycles. The van der Waals surface area contributed by atoms with Crippen LogP contribution < -0.4 is 4.90 Å². The average Bonchev–Trinajstić information content (AvgIpc) is 3.27. The number of para-hydroxylation sites is 1. The molecule has 0 spiro atoms. The minimum absolute atomic E-state index is 0.0180. The number of thiophene rings is 1. The summed E-state index contributed by atoms with van der Waals surface area (Å²) in [5.41, 5.74) is 2.02. The molecule has 6 nitrogen and oxygen atoms in total. The largest absolute Gasteiger partial charge is 0.477 e. The van der Waals surface area contributed by atoms with Crippen molar-refractivity contribution in [1.29, 1.82) is 0 Å². The Morgan fingerprint density at radius 1 is 1.28 bits per heavy atom. The van der Waals surface area contributed by atoms with Crippen LogP contribution in [0.5, 0.6) is 0 Å². The summed E-state index contributed by atoms with van der Waals surface area (Å²) in [6, 6.07) is 9.04. The van der Waals surface area contributed by atoms with E-state index < -0.39 is 16.0 Å². The van der Waals surface area contributed by atoms with Gasteiger partial charge >= 0.3 is 5.97 Å². The summed E-state index contributed by atoms with van der Waals surface area (Å²) < 4.78 is 26.7. The number of hydrogen-bond acceptors (Lipinski definition) is 5. The highest BCUT2D eigenvalue weighted by Gasteiger charge is 2.25. The zero-order valence-corrected chi connectivity index (χ0v) is 15.5. The van der Waals surface area contributed by atoms with Gasteiger partial charge in [0.2, 0.25) is 10.0 Å².